The van der Waals surface area contributed by atoms with Crippen LogP contribution >= 0.6 is 11.6 Å². The van der Waals surface area contributed by atoms with Crippen molar-refractivity contribution in [1.82, 2.24) is 24.3 Å². The topological polar surface area (TPSA) is 67.0 Å². The van der Waals surface area contributed by atoms with E-state index in [1.807, 2.05) is 10.8 Å². The maximum absolute atomic E-state index is 14.9. The van der Waals surface area contributed by atoms with Crippen LogP contribution in [0, 0.1) is 5.82 Å². The summed E-state index contributed by atoms with van der Waals surface area (Å²) in [5, 5.41) is 4.98. The Labute approximate surface area is 195 Å². The summed E-state index contributed by atoms with van der Waals surface area (Å²) in [5.41, 5.74) is 0.790. The molecule has 0 aliphatic carbocycles. The second-order valence-corrected chi connectivity index (χ2v) is 22.0. The number of rotatable bonds is 11. The van der Waals surface area contributed by atoms with Crippen LogP contribution in [0.1, 0.15) is 0 Å². The maximum Gasteiger partial charge on any atom is 0.186 e. The van der Waals surface area contributed by atoms with Gasteiger partial charge < -0.3 is 14.0 Å². The number of ether oxygens (including phenoxy) is 2. The van der Waals surface area contributed by atoms with E-state index in [1.54, 1.807) is 6.20 Å². The molecule has 0 atom stereocenters. The van der Waals surface area contributed by atoms with Crippen molar-refractivity contribution in [3.63, 3.8) is 0 Å². The van der Waals surface area contributed by atoms with Crippen LogP contribution in [0.5, 0.6) is 0 Å². The summed E-state index contributed by atoms with van der Waals surface area (Å²) in [6, 6.07) is 2.10. The molecule has 0 saturated heterocycles. The van der Waals surface area contributed by atoms with Gasteiger partial charge >= 0.3 is 0 Å². The van der Waals surface area contributed by atoms with Gasteiger partial charge in [0, 0.05) is 48.0 Å². The number of halogens is 2. The first kappa shape index (κ1) is 25.0. The van der Waals surface area contributed by atoms with Crippen LogP contribution in [0.3, 0.4) is 0 Å². The van der Waals surface area contributed by atoms with E-state index in [9.17, 15) is 4.39 Å². The molecule has 0 amide bonds. The molecule has 32 heavy (non-hydrogen) atoms. The highest BCUT2D eigenvalue weighted by molar-refractivity contribution is 6.76. The fourth-order valence-corrected chi connectivity index (χ4v) is 4.72. The lowest BCUT2D eigenvalue weighted by Gasteiger charge is -2.16. The lowest BCUT2D eigenvalue weighted by molar-refractivity contribution is 0.0812. The Morgan fingerprint density at radius 1 is 0.969 bits per heavy atom. The van der Waals surface area contributed by atoms with Crippen molar-refractivity contribution in [2.45, 2.75) is 64.8 Å². The molecule has 3 aromatic rings. The summed E-state index contributed by atoms with van der Waals surface area (Å²) in [7, 11) is -2.40. The SMILES string of the molecule is C[Si](C)(C)CCOCn1ccnc1-c1nn(COCC[Si](C)(C)C)c2c(F)c(Cl)ncc12. The van der Waals surface area contributed by atoms with Crippen molar-refractivity contribution in [2.75, 3.05) is 13.2 Å². The average Bonchev–Trinajstić information content (AvgIpc) is 3.28. The Bertz CT molecular complexity index is 1060. The molecule has 0 aromatic carbocycles. The summed E-state index contributed by atoms with van der Waals surface area (Å²) < 4.78 is 30.0. The fraction of sp³-hybridized carbons (Fsp3) is 0.571. The van der Waals surface area contributed by atoms with Crippen LogP contribution in [-0.2, 0) is 22.9 Å². The van der Waals surface area contributed by atoms with E-state index in [4.69, 9.17) is 21.1 Å². The second kappa shape index (κ2) is 10.1. The zero-order valence-electron chi connectivity index (χ0n) is 19.8. The van der Waals surface area contributed by atoms with Gasteiger partial charge in [-0.25, -0.2) is 19.0 Å². The molecule has 3 rings (SSSR count). The summed E-state index contributed by atoms with van der Waals surface area (Å²) in [5.74, 6) is -0.0198. The summed E-state index contributed by atoms with van der Waals surface area (Å²) >= 11 is 5.97. The molecular formula is C21H33ClFN5O2Si2. The molecule has 0 saturated carbocycles. The number of hydrogen-bond acceptors (Lipinski definition) is 5. The van der Waals surface area contributed by atoms with E-state index in [-0.39, 0.29) is 17.4 Å². The highest BCUT2D eigenvalue weighted by atomic mass is 35.5. The lowest BCUT2D eigenvalue weighted by atomic mass is 10.2. The van der Waals surface area contributed by atoms with E-state index in [1.165, 1.54) is 10.9 Å². The molecular weight excluding hydrogens is 465 g/mol. The molecule has 0 radical (unpaired) electrons. The highest BCUT2D eigenvalue weighted by Gasteiger charge is 2.22. The molecule has 0 aliphatic rings. The molecule has 0 unspecified atom stereocenters. The fourth-order valence-electron chi connectivity index (χ4n) is 3.06. The molecule has 7 nitrogen and oxygen atoms in total. The minimum absolute atomic E-state index is 0.131. The smallest absolute Gasteiger partial charge is 0.186 e. The third-order valence-electron chi connectivity index (χ3n) is 5.05. The number of imidazole rings is 1. The van der Waals surface area contributed by atoms with Gasteiger partial charge in [0.2, 0.25) is 0 Å². The molecule has 0 spiro atoms. The lowest BCUT2D eigenvalue weighted by Crippen LogP contribution is -2.22. The molecule has 0 aliphatic heterocycles. The van der Waals surface area contributed by atoms with E-state index in [0.717, 1.165) is 12.1 Å². The van der Waals surface area contributed by atoms with Crippen LogP contribution in [-0.4, -0.2) is 53.7 Å². The second-order valence-electron chi connectivity index (χ2n) is 10.4. The molecule has 3 heterocycles. The first-order valence-corrected chi connectivity index (χ1v) is 18.6. The number of fused-ring (bicyclic) bond motifs is 1. The van der Waals surface area contributed by atoms with E-state index in [2.05, 4.69) is 54.3 Å². The van der Waals surface area contributed by atoms with E-state index in [0.29, 0.717) is 36.8 Å². The number of aromatic nitrogens is 5. The molecule has 0 fully saturated rings. The van der Waals surface area contributed by atoms with Crippen molar-refractivity contribution in [3.05, 3.63) is 29.6 Å². The largest absolute Gasteiger partial charge is 0.361 e. The Morgan fingerprint density at radius 2 is 1.59 bits per heavy atom. The number of hydrogen-bond donors (Lipinski definition) is 0. The van der Waals surface area contributed by atoms with Crippen LogP contribution in [0.2, 0.25) is 56.5 Å². The Hall–Kier alpha value is -1.60. The first-order chi connectivity index (χ1) is 15.0. The van der Waals surface area contributed by atoms with Gasteiger partial charge in [-0.3, -0.25) is 0 Å². The van der Waals surface area contributed by atoms with Crippen molar-refractivity contribution in [1.29, 1.82) is 0 Å². The van der Waals surface area contributed by atoms with Gasteiger partial charge in [0.25, 0.3) is 0 Å². The molecule has 0 N–H and O–H groups in total. The standard InChI is InChI=1S/C21H33ClFN5O2Si2/c1-31(2,3)11-9-29-14-27-8-7-24-21(27)18-16-13-25-20(22)17(23)19(16)28(26-18)15-30-10-12-32(4,5)6/h7-8,13H,9-12,14-15H2,1-6H3. The van der Waals surface area contributed by atoms with Crippen LogP contribution < -0.4 is 0 Å². The van der Waals surface area contributed by atoms with Crippen molar-refractivity contribution in [3.8, 4) is 11.5 Å². The molecule has 176 valence electrons. The van der Waals surface area contributed by atoms with Crippen molar-refractivity contribution in [2.24, 2.45) is 0 Å². The van der Waals surface area contributed by atoms with Gasteiger partial charge in [0.1, 0.15) is 24.7 Å². The predicted octanol–water partition coefficient (Wildman–Crippen LogP) is 5.71. The Kier molecular flexibility index (Phi) is 7.92. The van der Waals surface area contributed by atoms with Gasteiger partial charge in [-0.05, 0) is 12.1 Å². The van der Waals surface area contributed by atoms with Gasteiger partial charge in [-0.15, -0.1) is 0 Å². The van der Waals surface area contributed by atoms with Gasteiger partial charge in [0.15, 0.2) is 16.8 Å². The van der Waals surface area contributed by atoms with Gasteiger partial charge in [0.05, 0.1) is 5.39 Å². The highest BCUT2D eigenvalue weighted by Crippen LogP contribution is 2.30. The van der Waals surface area contributed by atoms with Crippen molar-refractivity contribution >= 4 is 38.7 Å². The average molecular weight is 498 g/mol. The normalized spacial score (nSPS) is 12.8. The van der Waals surface area contributed by atoms with Crippen LogP contribution in [0.15, 0.2) is 18.6 Å². The van der Waals surface area contributed by atoms with Gasteiger partial charge in [-0.1, -0.05) is 50.9 Å². The summed E-state index contributed by atoms with van der Waals surface area (Å²) in [6.07, 6.45) is 5.05. The monoisotopic (exact) mass is 497 g/mol. The Morgan fingerprint density at radius 3 is 2.22 bits per heavy atom. The zero-order chi connectivity index (χ0) is 23.5. The first-order valence-electron chi connectivity index (χ1n) is 10.8. The molecule has 0 bridgehead atoms. The van der Waals surface area contributed by atoms with E-state index >= 15 is 0 Å². The van der Waals surface area contributed by atoms with Crippen LogP contribution in [0.4, 0.5) is 4.39 Å². The summed E-state index contributed by atoms with van der Waals surface area (Å²) in [4.78, 5) is 8.45. The molecule has 11 heteroatoms. The minimum atomic E-state index is -1.23. The minimum Gasteiger partial charge on any atom is -0.361 e. The Balaban J connectivity index is 1.85. The zero-order valence-corrected chi connectivity index (χ0v) is 22.5. The van der Waals surface area contributed by atoms with E-state index < -0.39 is 22.0 Å². The number of pyridine rings is 1. The molecule has 3 aromatic heterocycles. The van der Waals surface area contributed by atoms with Gasteiger partial charge in [-0.2, -0.15) is 5.10 Å². The van der Waals surface area contributed by atoms with Crippen LogP contribution in [0.25, 0.3) is 22.4 Å². The third-order valence-corrected chi connectivity index (χ3v) is 8.72. The quantitative estimate of drug-likeness (QED) is 0.193. The summed E-state index contributed by atoms with van der Waals surface area (Å²) in [6.45, 7) is 15.6. The predicted molar refractivity (Wildman–Crippen MR) is 132 cm³/mol. The number of nitrogens with zero attached hydrogens (tertiary/aromatic N) is 5. The third kappa shape index (κ3) is 6.47. The maximum atomic E-state index is 14.9. The van der Waals surface area contributed by atoms with Crippen molar-refractivity contribution < 1.29 is 13.9 Å².